The highest BCUT2D eigenvalue weighted by atomic mass is 14.6. The molecule has 0 aromatic rings. The standard InChI is InChI=1S/C136H260/c1-20-27-33-39-45-51-57-63-69-75-81-115(116-86-99-121(100-87-116)131(8,9)110-78-72-66-60-54-48-42-36-30-23-4)96-109-127(117-88-105-125(106-89-117)135(16,17)129(82-76-70-64-58-52-46-40-34-28-21-2)119-92-101-122(102-93-119)132(10,11)111-79-73-67-61-55-49-43-37-31-24-5)128(113-134(14,15)124-97-84-114(26-7)85-98-124)118-90-107-126(108-91-118)136(18,19)130(83-77-71-65-59-53-47-41-35-29-22-3)120-94-103-123(104-95-120)133(12,13)112-80-74-68-62-56-50-44-38-32-25-6/h26,114-130H,7,20-25,27-113H2,1-6,8-19H3. The van der Waals surface area contributed by atoms with Gasteiger partial charge in [-0.25, -0.2) is 0 Å². The van der Waals surface area contributed by atoms with E-state index in [0.29, 0.717) is 32.5 Å². The Morgan fingerprint density at radius 1 is 0.191 bits per heavy atom. The highest BCUT2D eigenvalue weighted by Gasteiger charge is 2.51. The SMILES string of the molecule is C=CC1CCC(C(C)(C)CC(C2CCC(C(C)(C)C(CCCCCCCCCCCC)C3CCC(C(C)(C)CCCCCCCCCCCC)CC3)CC2)C(CCC(CCCCCCCCCCCC)C2CCC(C(C)(C)CCCCCCCCCCCC)CC2)C2CCC(C(C)(C)C(CCCCCCCCCCCC)C3CCC(C(C)(C)CCCCCCCCCCCC)CC3)CC2)CC1. The van der Waals surface area contributed by atoms with Gasteiger partial charge in [0.15, 0.2) is 0 Å². The number of rotatable bonds is 86. The number of allylic oxidation sites excluding steroid dienone is 1. The zero-order valence-electron chi connectivity index (χ0n) is 97.9. The van der Waals surface area contributed by atoms with Gasteiger partial charge in [-0.1, -0.05) is 522 Å². The molecule has 0 aromatic carbocycles. The Hall–Kier alpha value is -0.260. The predicted molar refractivity (Wildman–Crippen MR) is 616 cm³/mol. The Kier molecular flexibility index (Phi) is 67.5. The van der Waals surface area contributed by atoms with Crippen LogP contribution in [0.4, 0.5) is 0 Å². The van der Waals surface area contributed by atoms with Crippen molar-refractivity contribution < 1.29 is 0 Å². The van der Waals surface area contributed by atoms with Gasteiger partial charge in [0.2, 0.25) is 0 Å². The minimum atomic E-state index is 0.378. The first kappa shape index (κ1) is 124. The summed E-state index contributed by atoms with van der Waals surface area (Å²) in [5, 5.41) is 0. The van der Waals surface area contributed by atoms with Gasteiger partial charge in [-0.3, -0.25) is 0 Å². The van der Waals surface area contributed by atoms with Crippen LogP contribution in [0.1, 0.15) is 722 Å². The molecule has 6 saturated carbocycles. The van der Waals surface area contributed by atoms with E-state index in [9.17, 15) is 0 Å². The second-order valence-corrected chi connectivity index (χ2v) is 55.3. The van der Waals surface area contributed by atoms with Gasteiger partial charge in [0.25, 0.3) is 0 Å². The molecule has 6 aliphatic carbocycles. The lowest BCUT2D eigenvalue weighted by atomic mass is 9.52. The van der Waals surface area contributed by atoms with Crippen molar-refractivity contribution in [3.05, 3.63) is 12.7 Å². The Bertz CT molecular complexity index is 2680. The van der Waals surface area contributed by atoms with E-state index in [-0.39, 0.29) is 0 Å². The molecule has 6 rings (SSSR count). The average molecular weight is 1900 g/mol. The van der Waals surface area contributed by atoms with E-state index >= 15 is 0 Å². The number of unbranched alkanes of at least 4 members (excludes halogenated alkanes) is 54. The first-order valence-electron chi connectivity index (χ1n) is 65.5. The summed E-state index contributed by atoms with van der Waals surface area (Å²) in [5.41, 5.74) is 2.66. The fourth-order valence-electron chi connectivity index (χ4n) is 32.4. The van der Waals surface area contributed by atoms with E-state index in [1.165, 1.54) is 539 Å². The number of hydrogen-bond acceptors (Lipinski definition) is 0. The minimum absolute atomic E-state index is 0.378. The maximum atomic E-state index is 4.47. The van der Waals surface area contributed by atoms with Crippen LogP contribution in [-0.2, 0) is 0 Å². The molecular weight excluding hydrogens is 1630 g/mol. The van der Waals surface area contributed by atoms with Gasteiger partial charge >= 0.3 is 0 Å². The molecule has 0 heterocycles. The van der Waals surface area contributed by atoms with Crippen LogP contribution < -0.4 is 0 Å². The smallest absolute Gasteiger partial charge is 0.0236 e. The lowest BCUT2D eigenvalue weighted by Crippen LogP contribution is -2.44. The predicted octanol–water partition coefficient (Wildman–Crippen LogP) is 48.3. The molecule has 0 radical (unpaired) electrons. The van der Waals surface area contributed by atoms with Crippen LogP contribution in [0.25, 0.3) is 0 Å². The summed E-state index contributed by atoms with van der Waals surface area (Å²) in [7, 11) is 0. The van der Waals surface area contributed by atoms with Crippen LogP contribution in [0.2, 0.25) is 0 Å². The molecule has 6 aliphatic rings. The van der Waals surface area contributed by atoms with Gasteiger partial charge < -0.3 is 0 Å². The maximum Gasteiger partial charge on any atom is -0.0236 e. The molecule has 0 aliphatic heterocycles. The quantitative estimate of drug-likeness (QED) is 0.0421. The van der Waals surface area contributed by atoms with Gasteiger partial charge in [0.05, 0.1) is 0 Å². The van der Waals surface area contributed by atoms with E-state index in [1.54, 1.807) is 57.8 Å². The Balaban J connectivity index is 1.32. The van der Waals surface area contributed by atoms with Crippen molar-refractivity contribution in [1.82, 2.24) is 0 Å². The zero-order chi connectivity index (χ0) is 98.3. The fraction of sp³-hybridized carbons (Fsp3) is 0.985. The second-order valence-electron chi connectivity index (χ2n) is 55.3. The van der Waals surface area contributed by atoms with Crippen molar-refractivity contribution >= 4 is 0 Å². The molecule has 5 unspecified atom stereocenters. The average Bonchev–Trinajstić information content (AvgIpc) is 0.753. The molecule has 0 bridgehead atoms. The first-order chi connectivity index (χ1) is 65.8. The third kappa shape index (κ3) is 49.3. The van der Waals surface area contributed by atoms with Crippen molar-refractivity contribution in [2.75, 3.05) is 0 Å². The molecule has 0 spiro atoms. The first-order valence-corrected chi connectivity index (χ1v) is 65.5. The van der Waals surface area contributed by atoms with Gasteiger partial charge in [-0.05, 0) is 339 Å². The molecule has 804 valence electrons. The van der Waals surface area contributed by atoms with Crippen molar-refractivity contribution in [2.24, 2.45) is 133 Å². The van der Waals surface area contributed by atoms with Crippen LogP contribution in [0, 0.1) is 133 Å². The van der Waals surface area contributed by atoms with Crippen molar-refractivity contribution in [2.45, 2.75) is 722 Å². The molecule has 0 N–H and O–H groups in total. The van der Waals surface area contributed by atoms with Crippen LogP contribution in [0.15, 0.2) is 12.7 Å². The molecule has 6 fully saturated rings. The summed E-state index contributed by atoms with van der Waals surface area (Å²) in [5.74, 6) is 15.2. The Labute approximate surface area is 861 Å². The normalized spacial score (nSPS) is 24.4. The van der Waals surface area contributed by atoms with Crippen molar-refractivity contribution in [1.29, 1.82) is 0 Å². The lowest BCUT2D eigenvalue weighted by molar-refractivity contribution is -0.0288. The summed E-state index contributed by atoms with van der Waals surface area (Å²) in [6.07, 6.45) is 140. The van der Waals surface area contributed by atoms with Crippen LogP contribution in [0.3, 0.4) is 0 Å². The molecule has 0 amide bonds. The van der Waals surface area contributed by atoms with Gasteiger partial charge in [0.1, 0.15) is 0 Å². The monoisotopic (exact) mass is 1890 g/mol. The molecule has 0 heteroatoms. The molecular formula is C136H260. The highest BCUT2D eigenvalue weighted by molar-refractivity contribution is 5.01. The minimum Gasteiger partial charge on any atom is -0.103 e. The molecule has 5 atom stereocenters. The van der Waals surface area contributed by atoms with Crippen LogP contribution in [-0.4, -0.2) is 0 Å². The summed E-state index contributed by atoms with van der Waals surface area (Å²) in [4.78, 5) is 0. The molecule has 0 aromatic heterocycles. The summed E-state index contributed by atoms with van der Waals surface area (Å²) in [6.45, 7) is 52.8. The Morgan fingerprint density at radius 2 is 0.397 bits per heavy atom. The van der Waals surface area contributed by atoms with Crippen molar-refractivity contribution in [3.8, 4) is 0 Å². The van der Waals surface area contributed by atoms with Crippen molar-refractivity contribution in [3.63, 3.8) is 0 Å². The summed E-state index contributed by atoms with van der Waals surface area (Å²) < 4.78 is 0. The van der Waals surface area contributed by atoms with E-state index in [0.717, 1.165) is 101 Å². The van der Waals surface area contributed by atoms with Gasteiger partial charge in [0, 0.05) is 0 Å². The largest absolute Gasteiger partial charge is 0.103 e. The maximum absolute atomic E-state index is 4.47. The highest BCUT2D eigenvalue weighted by Crippen LogP contribution is 2.61. The van der Waals surface area contributed by atoms with E-state index in [2.05, 4.69) is 137 Å². The van der Waals surface area contributed by atoms with Crippen LogP contribution in [0.5, 0.6) is 0 Å². The third-order valence-corrected chi connectivity index (χ3v) is 42.8. The van der Waals surface area contributed by atoms with Gasteiger partial charge in [-0.15, -0.1) is 6.58 Å². The lowest BCUT2D eigenvalue weighted by Gasteiger charge is -2.53. The molecule has 0 saturated heterocycles. The van der Waals surface area contributed by atoms with E-state index < -0.39 is 0 Å². The molecule has 136 heavy (non-hydrogen) atoms. The summed E-state index contributed by atoms with van der Waals surface area (Å²) >= 11 is 0. The fourth-order valence-corrected chi connectivity index (χ4v) is 32.4. The summed E-state index contributed by atoms with van der Waals surface area (Å²) in [6, 6.07) is 0. The van der Waals surface area contributed by atoms with Crippen LogP contribution >= 0.6 is 0 Å². The zero-order valence-corrected chi connectivity index (χ0v) is 97.9. The molecule has 0 nitrogen and oxygen atoms in total. The van der Waals surface area contributed by atoms with E-state index in [4.69, 9.17) is 0 Å². The topological polar surface area (TPSA) is 0 Å². The second kappa shape index (κ2) is 73.8. The van der Waals surface area contributed by atoms with Gasteiger partial charge in [-0.2, -0.15) is 0 Å². The number of hydrogen-bond donors (Lipinski definition) is 0. The third-order valence-electron chi connectivity index (χ3n) is 42.8. The van der Waals surface area contributed by atoms with E-state index in [1.807, 2.05) is 0 Å². The Morgan fingerprint density at radius 3 is 0.662 bits per heavy atom.